The smallest absolute Gasteiger partial charge is 0.330 e. The SMILES string of the molecule is O=c1[nH]c(=O)n(C2CCC(O)C2)c2nc(-c3cnn(Cc4ccccc4)c3)[nH]c12. The zero-order valence-electron chi connectivity index (χ0n) is 15.6. The maximum absolute atomic E-state index is 12.5. The van der Waals surface area contributed by atoms with Gasteiger partial charge >= 0.3 is 5.69 Å². The van der Waals surface area contributed by atoms with Gasteiger partial charge in [0.15, 0.2) is 5.65 Å². The molecule has 0 bridgehead atoms. The summed E-state index contributed by atoms with van der Waals surface area (Å²) in [7, 11) is 0. The summed E-state index contributed by atoms with van der Waals surface area (Å²) in [6.07, 6.45) is 4.85. The summed E-state index contributed by atoms with van der Waals surface area (Å²) in [5, 5.41) is 14.2. The molecule has 2 atom stereocenters. The molecule has 1 saturated carbocycles. The Bertz CT molecular complexity index is 1280. The van der Waals surface area contributed by atoms with Gasteiger partial charge in [-0.15, -0.1) is 0 Å². The van der Waals surface area contributed by atoms with Crippen LogP contribution in [0.2, 0.25) is 0 Å². The van der Waals surface area contributed by atoms with Crippen LogP contribution in [-0.2, 0) is 6.54 Å². The van der Waals surface area contributed by atoms with Crippen LogP contribution in [0, 0.1) is 0 Å². The van der Waals surface area contributed by atoms with Crippen molar-refractivity contribution in [3.63, 3.8) is 0 Å². The second kappa shape index (κ2) is 6.85. The Hall–Kier alpha value is -3.46. The molecule has 3 heterocycles. The molecule has 29 heavy (non-hydrogen) atoms. The summed E-state index contributed by atoms with van der Waals surface area (Å²) in [4.78, 5) is 34.7. The largest absolute Gasteiger partial charge is 0.393 e. The van der Waals surface area contributed by atoms with Gasteiger partial charge in [-0.2, -0.15) is 5.10 Å². The first-order chi connectivity index (χ1) is 14.1. The highest BCUT2D eigenvalue weighted by molar-refractivity contribution is 5.75. The van der Waals surface area contributed by atoms with E-state index in [4.69, 9.17) is 0 Å². The zero-order valence-corrected chi connectivity index (χ0v) is 15.6. The number of hydrogen-bond donors (Lipinski definition) is 3. The van der Waals surface area contributed by atoms with E-state index in [0.717, 1.165) is 11.1 Å². The first-order valence-electron chi connectivity index (χ1n) is 9.58. The molecule has 3 N–H and O–H groups in total. The van der Waals surface area contributed by atoms with Gasteiger partial charge in [0.05, 0.1) is 24.4 Å². The maximum Gasteiger partial charge on any atom is 0.330 e. The fourth-order valence-corrected chi connectivity index (χ4v) is 4.00. The lowest BCUT2D eigenvalue weighted by atomic mass is 10.2. The van der Waals surface area contributed by atoms with Crippen molar-refractivity contribution < 1.29 is 5.11 Å². The predicted molar refractivity (Wildman–Crippen MR) is 107 cm³/mol. The van der Waals surface area contributed by atoms with E-state index in [0.29, 0.717) is 37.3 Å². The molecule has 0 spiro atoms. The Labute approximate surface area is 164 Å². The van der Waals surface area contributed by atoms with E-state index < -0.39 is 17.4 Å². The van der Waals surface area contributed by atoms with Gasteiger partial charge in [0.2, 0.25) is 0 Å². The van der Waals surface area contributed by atoms with Crippen LogP contribution in [0.4, 0.5) is 0 Å². The number of H-pyrrole nitrogens is 2. The molecule has 2 unspecified atom stereocenters. The second-order valence-corrected chi connectivity index (χ2v) is 7.45. The van der Waals surface area contributed by atoms with Crippen LogP contribution >= 0.6 is 0 Å². The third-order valence-corrected chi connectivity index (χ3v) is 5.42. The van der Waals surface area contributed by atoms with Crippen LogP contribution in [0.3, 0.4) is 0 Å². The molecule has 1 aromatic carbocycles. The number of fused-ring (bicyclic) bond motifs is 1. The molecule has 0 saturated heterocycles. The number of aromatic amines is 2. The minimum Gasteiger partial charge on any atom is -0.393 e. The van der Waals surface area contributed by atoms with E-state index in [1.807, 2.05) is 36.5 Å². The average molecular weight is 392 g/mol. The Balaban J connectivity index is 1.54. The highest BCUT2D eigenvalue weighted by atomic mass is 16.3. The summed E-state index contributed by atoms with van der Waals surface area (Å²) in [5.41, 5.74) is 1.40. The lowest BCUT2D eigenvalue weighted by Crippen LogP contribution is -2.32. The van der Waals surface area contributed by atoms with Crippen molar-refractivity contribution >= 4 is 11.2 Å². The number of aromatic nitrogens is 6. The van der Waals surface area contributed by atoms with Crippen molar-refractivity contribution in [1.29, 1.82) is 0 Å². The van der Waals surface area contributed by atoms with Crippen LogP contribution in [0.1, 0.15) is 30.9 Å². The van der Waals surface area contributed by atoms with Crippen LogP contribution < -0.4 is 11.2 Å². The van der Waals surface area contributed by atoms with Gasteiger partial charge in [-0.1, -0.05) is 30.3 Å². The van der Waals surface area contributed by atoms with Gasteiger partial charge in [0, 0.05) is 12.2 Å². The summed E-state index contributed by atoms with van der Waals surface area (Å²) in [6, 6.07) is 9.78. The lowest BCUT2D eigenvalue weighted by molar-refractivity contribution is 0.178. The molecule has 3 aromatic heterocycles. The maximum atomic E-state index is 12.5. The molecule has 0 aliphatic heterocycles. The van der Waals surface area contributed by atoms with Crippen molar-refractivity contribution in [2.45, 2.75) is 38.0 Å². The molecule has 9 heteroatoms. The highest BCUT2D eigenvalue weighted by Crippen LogP contribution is 2.30. The molecule has 9 nitrogen and oxygen atoms in total. The predicted octanol–water partition coefficient (Wildman–Crippen LogP) is 1.41. The van der Waals surface area contributed by atoms with Crippen molar-refractivity contribution in [3.8, 4) is 11.4 Å². The molecular weight excluding hydrogens is 372 g/mol. The van der Waals surface area contributed by atoms with Crippen LogP contribution in [0.15, 0.2) is 52.3 Å². The molecular formula is C20H20N6O3. The normalized spacial score (nSPS) is 19.2. The molecule has 148 valence electrons. The van der Waals surface area contributed by atoms with E-state index in [9.17, 15) is 14.7 Å². The van der Waals surface area contributed by atoms with Gasteiger partial charge < -0.3 is 10.1 Å². The lowest BCUT2D eigenvalue weighted by Gasteiger charge is -2.13. The third-order valence-electron chi connectivity index (χ3n) is 5.42. The summed E-state index contributed by atoms with van der Waals surface area (Å²) >= 11 is 0. The fraction of sp³-hybridized carbons (Fsp3) is 0.300. The molecule has 1 fully saturated rings. The number of nitrogens with one attached hydrogen (secondary N) is 2. The van der Waals surface area contributed by atoms with Crippen LogP contribution in [0.5, 0.6) is 0 Å². The van der Waals surface area contributed by atoms with Gasteiger partial charge in [-0.25, -0.2) is 9.78 Å². The molecule has 0 radical (unpaired) electrons. The van der Waals surface area contributed by atoms with Crippen molar-refractivity contribution in [2.75, 3.05) is 0 Å². The van der Waals surface area contributed by atoms with Crippen LogP contribution in [0.25, 0.3) is 22.6 Å². The Kier molecular flexibility index (Phi) is 4.17. The Morgan fingerprint density at radius 3 is 2.72 bits per heavy atom. The second-order valence-electron chi connectivity index (χ2n) is 7.45. The van der Waals surface area contributed by atoms with E-state index in [-0.39, 0.29) is 11.6 Å². The van der Waals surface area contributed by atoms with Crippen molar-refractivity contribution in [2.24, 2.45) is 0 Å². The Morgan fingerprint density at radius 2 is 1.97 bits per heavy atom. The number of imidazole rings is 1. The zero-order chi connectivity index (χ0) is 20.0. The van der Waals surface area contributed by atoms with E-state index in [1.54, 1.807) is 10.9 Å². The summed E-state index contributed by atoms with van der Waals surface area (Å²) in [6.45, 7) is 0.617. The topological polar surface area (TPSA) is 122 Å². The minimum atomic E-state index is -0.504. The van der Waals surface area contributed by atoms with Gasteiger partial charge in [-0.3, -0.25) is 19.0 Å². The number of benzene rings is 1. The van der Waals surface area contributed by atoms with Gasteiger partial charge in [-0.05, 0) is 24.8 Å². The van der Waals surface area contributed by atoms with Crippen molar-refractivity contribution in [3.05, 3.63) is 69.1 Å². The quantitative estimate of drug-likeness (QED) is 0.485. The molecule has 0 amide bonds. The van der Waals surface area contributed by atoms with Gasteiger partial charge in [0.1, 0.15) is 11.3 Å². The van der Waals surface area contributed by atoms with Crippen LogP contribution in [-0.4, -0.2) is 40.5 Å². The van der Waals surface area contributed by atoms with Gasteiger partial charge in [0.25, 0.3) is 5.56 Å². The number of rotatable bonds is 4. The third kappa shape index (κ3) is 3.19. The highest BCUT2D eigenvalue weighted by Gasteiger charge is 2.28. The Morgan fingerprint density at radius 1 is 1.14 bits per heavy atom. The monoisotopic (exact) mass is 392 g/mol. The van der Waals surface area contributed by atoms with E-state index in [2.05, 4.69) is 20.1 Å². The number of aliphatic hydroxyl groups is 1. The first-order valence-corrected chi connectivity index (χ1v) is 9.58. The molecule has 1 aliphatic carbocycles. The number of hydrogen-bond acceptors (Lipinski definition) is 5. The van der Waals surface area contributed by atoms with E-state index >= 15 is 0 Å². The molecule has 1 aliphatic rings. The molecule has 5 rings (SSSR count). The molecule has 4 aromatic rings. The summed E-state index contributed by atoms with van der Waals surface area (Å²) in [5.74, 6) is 0.475. The van der Waals surface area contributed by atoms with Crippen molar-refractivity contribution in [1.82, 2.24) is 29.3 Å². The summed E-state index contributed by atoms with van der Waals surface area (Å²) < 4.78 is 3.28. The van der Waals surface area contributed by atoms with E-state index in [1.165, 1.54) is 4.57 Å². The average Bonchev–Trinajstić information content (AvgIpc) is 3.43. The fourth-order valence-electron chi connectivity index (χ4n) is 4.00. The number of nitrogens with zero attached hydrogens (tertiary/aromatic N) is 4. The standard InChI is InChI=1S/C20H20N6O3/c27-15-7-6-14(8-15)26-18-16(19(28)24-20(26)29)22-17(23-18)13-9-21-25(11-13)10-12-4-2-1-3-5-12/h1-5,9,11,14-15,27H,6-8,10H2,(H,22,23)(H,24,28,29). The minimum absolute atomic E-state index is 0.186. The first kappa shape index (κ1) is 17.6. The number of aliphatic hydroxyl groups excluding tert-OH is 1.